The summed E-state index contributed by atoms with van der Waals surface area (Å²) in [4.78, 5) is 13.7. The lowest BCUT2D eigenvalue weighted by molar-refractivity contribution is 0.131. The van der Waals surface area contributed by atoms with Crippen molar-refractivity contribution in [2.24, 2.45) is 0 Å². The first-order chi connectivity index (χ1) is 6.86. The standard InChI is InChI=1S/C10H14N2O2/c13-10-6-8(2-4-12-10)9-7-14-5-1-3-11-9/h2,4,6,9,11H,1,3,5,7H2,(H,12,13). The van der Waals surface area contributed by atoms with Gasteiger partial charge in [-0.3, -0.25) is 4.79 Å². The van der Waals surface area contributed by atoms with Gasteiger partial charge in [-0.25, -0.2) is 0 Å². The van der Waals surface area contributed by atoms with Crippen molar-refractivity contribution < 1.29 is 4.74 Å². The molecule has 0 amide bonds. The molecular formula is C10H14N2O2. The predicted molar refractivity (Wildman–Crippen MR) is 53.2 cm³/mol. The molecule has 4 nitrogen and oxygen atoms in total. The number of ether oxygens (including phenoxy) is 1. The lowest BCUT2D eigenvalue weighted by Crippen LogP contribution is -2.24. The first-order valence-electron chi connectivity index (χ1n) is 4.86. The summed E-state index contributed by atoms with van der Waals surface area (Å²) in [6.07, 6.45) is 2.70. The van der Waals surface area contributed by atoms with E-state index in [0.29, 0.717) is 6.61 Å². The summed E-state index contributed by atoms with van der Waals surface area (Å²) in [6.45, 7) is 2.38. The second kappa shape index (κ2) is 4.39. The first kappa shape index (κ1) is 9.43. The van der Waals surface area contributed by atoms with Crippen LogP contribution in [0.4, 0.5) is 0 Å². The fraction of sp³-hybridized carbons (Fsp3) is 0.500. The van der Waals surface area contributed by atoms with Crippen LogP contribution in [0.2, 0.25) is 0 Å². The Morgan fingerprint density at radius 2 is 2.43 bits per heavy atom. The number of hydrogen-bond donors (Lipinski definition) is 2. The molecule has 1 aliphatic rings. The highest BCUT2D eigenvalue weighted by Crippen LogP contribution is 2.12. The third-order valence-electron chi connectivity index (χ3n) is 2.34. The zero-order valence-electron chi connectivity index (χ0n) is 7.95. The van der Waals surface area contributed by atoms with Crippen LogP contribution in [-0.4, -0.2) is 24.7 Å². The van der Waals surface area contributed by atoms with Crippen LogP contribution in [0.15, 0.2) is 23.1 Å². The second-order valence-electron chi connectivity index (χ2n) is 3.42. The van der Waals surface area contributed by atoms with Gasteiger partial charge in [0.05, 0.1) is 12.6 Å². The van der Waals surface area contributed by atoms with Gasteiger partial charge in [-0.15, -0.1) is 0 Å². The Bertz CT molecular complexity index is 340. The lowest BCUT2D eigenvalue weighted by Gasteiger charge is -2.14. The second-order valence-corrected chi connectivity index (χ2v) is 3.42. The van der Waals surface area contributed by atoms with Gasteiger partial charge in [-0.2, -0.15) is 0 Å². The van der Waals surface area contributed by atoms with Crippen LogP contribution >= 0.6 is 0 Å². The monoisotopic (exact) mass is 194 g/mol. The van der Waals surface area contributed by atoms with E-state index in [4.69, 9.17) is 4.74 Å². The molecule has 2 heterocycles. The van der Waals surface area contributed by atoms with Gasteiger partial charge in [0.15, 0.2) is 0 Å². The van der Waals surface area contributed by atoms with Crippen LogP contribution in [-0.2, 0) is 4.74 Å². The minimum absolute atomic E-state index is 0.0615. The van der Waals surface area contributed by atoms with Gasteiger partial charge in [-0.1, -0.05) is 0 Å². The van der Waals surface area contributed by atoms with Crippen molar-refractivity contribution >= 4 is 0 Å². The topological polar surface area (TPSA) is 54.1 Å². The van der Waals surface area contributed by atoms with E-state index < -0.39 is 0 Å². The molecule has 1 fully saturated rings. The molecule has 0 saturated carbocycles. The van der Waals surface area contributed by atoms with E-state index >= 15 is 0 Å². The largest absolute Gasteiger partial charge is 0.379 e. The molecule has 1 aromatic heterocycles. The van der Waals surface area contributed by atoms with Crippen LogP contribution < -0.4 is 10.9 Å². The SMILES string of the molecule is O=c1cc(C2COCCCN2)cc[nH]1. The van der Waals surface area contributed by atoms with E-state index in [0.717, 1.165) is 25.1 Å². The van der Waals surface area contributed by atoms with Gasteiger partial charge < -0.3 is 15.0 Å². The molecule has 0 aliphatic carbocycles. The quantitative estimate of drug-likeness (QED) is 0.681. The number of nitrogens with one attached hydrogen (secondary N) is 2. The smallest absolute Gasteiger partial charge is 0.248 e. The number of hydrogen-bond acceptors (Lipinski definition) is 3. The fourth-order valence-corrected chi connectivity index (χ4v) is 1.60. The predicted octanol–water partition coefficient (Wildman–Crippen LogP) is 0.426. The highest BCUT2D eigenvalue weighted by atomic mass is 16.5. The van der Waals surface area contributed by atoms with E-state index in [9.17, 15) is 4.79 Å². The van der Waals surface area contributed by atoms with Crippen molar-refractivity contribution in [3.05, 3.63) is 34.2 Å². The van der Waals surface area contributed by atoms with Gasteiger partial charge in [0, 0.05) is 18.9 Å². The minimum atomic E-state index is -0.0615. The summed E-state index contributed by atoms with van der Waals surface area (Å²) >= 11 is 0. The Morgan fingerprint density at radius 3 is 3.29 bits per heavy atom. The Labute approximate surface area is 82.3 Å². The molecule has 0 aromatic carbocycles. The molecule has 1 aliphatic heterocycles. The zero-order valence-corrected chi connectivity index (χ0v) is 7.95. The molecule has 14 heavy (non-hydrogen) atoms. The van der Waals surface area contributed by atoms with Gasteiger partial charge in [0.25, 0.3) is 0 Å². The van der Waals surface area contributed by atoms with Crippen LogP contribution in [0.1, 0.15) is 18.0 Å². The molecule has 1 unspecified atom stereocenters. The third kappa shape index (κ3) is 2.21. The maximum atomic E-state index is 11.1. The fourth-order valence-electron chi connectivity index (χ4n) is 1.60. The van der Waals surface area contributed by atoms with Gasteiger partial charge in [-0.05, 0) is 24.6 Å². The van der Waals surface area contributed by atoms with Crippen LogP contribution in [0.25, 0.3) is 0 Å². The average Bonchev–Trinajstić information content (AvgIpc) is 2.45. The molecule has 0 bridgehead atoms. The highest BCUT2D eigenvalue weighted by molar-refractivity contribution is 5.15. The minimum Gasteiger partial charge on any atom is -0.379 e. The van der Waals surface area contributed by atoms with Gasteiger partial charge >= 0.3 is 0 Å². The molecule has 1 aromatic rings. The average molecular weight is 194 g/mol. The lowest BCUT2D eigenvalue weighted by atomic mass is 10.1. The van der Waals surface area contributed by atoms with Gasteiger partial charge in [0.2, 0.25) is 5.56 Å². The number of aromatic amines is 1. The molecule has 2 N–H and O–H groups in total. The number of H-pyrrole nitrogens is 1. The molecule has 1 saturated heterocycles. The Kier molecular flexibility index (Phi) is 2.96. The zero-order chi connectivity index (χ0) is 9.80. The molecule has 4 heteroatoms. The molecule has 2 rings (SSSR count). The van der Waals surface area contributed by atoms with E-state index in [-0.39, 0.29) is 11.6 Å². The van der Waals surface area contributed by atoms with E-state index in [1.807, 2.05) is 6.07 Å². The summed E-state index contributed by atoms with van der Waals surface area (Å²) in [7, 11) is 0. The number of rotatable bonds is 1. The Morgan fingerprint density at radius 1 is 1.50 bits per heavy atom. The van der Waals surface area contributed by atoms with Crippen LogP contribution in [0.3, 0.4) is 0 Å². The van der Waals surface area contributed by atoms with Crippen molar-refractivity contribution in [2.75, 3.05) is 19.8 Å². The summed E-state index contributed by atoms with van der Waals surface area (Å²) in [5.41, 5.74) is 0.934. The van der Waals surface area contributed by atoms with Crippen molar-refractivity contribution in [3.8, 4) is 0 Å². The summed E-state index contributed by atoms with van der Waals surface area (Å²) in [5.74, 6) is 0. The molecule has 0 radical (unpaired) electrons. The maximum absolute atomic E-state index is 11.1. The Hall–Kier alpha value is -1.13. The summed E-state index contributed by atoms with van der Waals surface area (Å²) in [5, 5.41) is 3.35. The van der Waals surface area contributed by atoms with E-state index in [2.05, 4.69) is 10.3 Å². The van der Waals surface area contributed by atoms with Crippen LogP contribution in [0, 0.1) is 0 Å². The van der Waals surface area contributed by atoms with Crippen molar-refractivity contribution in [2.45, 2.75) is 12.5 Å². The Balaban J connectivity index is 2.16. The normalized spacial score (nSPS) is 23.0. The molecule has 0 spiro atoms. The van der Waals surface area contributed by atoms with E-state index in [1.54, 1.807) is 12.3 Å². The number of aromatic nitrogens is 1. The van der Waals surface area contributed by atoms with Crippen molar-refractivity contribution in [1.29, 1.82) is 0 Å². The summed E-state index contributed by atoms with van der Waals surface area (Å²) in [6, 6.07) is 3.68. The third-order valence-corrected chi connectivity index (χ3v) is 2.34. The van der Waals surface area contributed by atoms with Crippen molar-refractivity contribution in [3.63, 3.8) is 0 Å². The summed E-state index contributed by atoms with van der Waals surface area (Å²) < 4.78 is 5.43. The maximum Gasteiger partial charge on any atom is 0.248 e. The molecule has 1 atom stereocenters. The molecule has 76 valence electrons. The first-order valence-corrected chi connectivity index (χ1v) is 4.86. The van der Waals surface area contributed by atoms with Crippen LogP contribution in [0.5, 0.6) is 0 Å². The molecular weight excluding hydrogens is 180 g/mol. The van der Waals surface area contributed by atoms with Gasteiger partial charge in [0.1, 0.15) is 0 Å². The van der Waals surface area contributed by atoms with E-state index in [1.165, 1.54) is 0 Å². The van der Waals surface area contributed by atoms with Crippen molar-refractivity contribution in [1.82, 2.24) is 10.3 Å². The highest BCUT2D eigenvalue weighted by Gasteiger charge is 2.13. The number of pyridine rings is 1.